The Hall–Kier alpha value is -2.04. The average Bonchev–Trinajstić information content (AvgIpc) is 2.88. The molecule has 2 saturated heterocycles. The molecule has 1 spiro atoms. The lowest BCUT2D eigenvalue weighted by Gasteiger charge is -2.41. The van der Waals surface area contributed by atoms with Gasteiger partial charge in [0.2, 0.25) is 5.91 Å². The fraction of sp³-hybridized carbons (Fsp3) is 0.500. The summed E-state index contributed by atoms with van der Waals surface area (Å²) in [6, 6.07) is 9.59. The van der Waals surface area contributed by atoms with Gasteiger partial charge in [0.05, 0.1) is 0 Å². The van der Waals surface area contributed by atoms with Gasteiger partial charge in [-0.2, -0.15) is 0 Å². The van der Waals surface area contributed by atoms with Crippen LogP contribution in [0.25, 0.3) is 0 Å². The van der Waals surface area contributed by atoms with Crippen LogP contribution in [0.1, 0.15) is 31.2 Å². The van der Waals surface area contributed by atoms with Gasteiger partial charge in [-0.05, 0) is 31.2 Å². The highest BCUT2D eigenvalue weighted by atomic mass is 16.6. The van der Waals surface area contributed by atoms with E-state index in [9.17, 15) is 9.59 Å². The molecule has 0 aromatic heterocycles. The molecule has 1 unspecified atom stereocenters. The van der Waals surface area contributed by atoms with Crippen LogP contribution in [0.4, 0.5) is 4.79 Å². The first-order valence-corrected chi connectivity index (χ1v) is 7.49. The van der Waals surface area contributed by atoms with Crippen molar-refractivity contribution in [2.45, 2.75) is 37.8 Å². The molecular weight excluding hydrogens is 268 g/mol. The van der Waals surface area contributed by atoms with Crippen molar-refractivity contribution < 1.29 is 14.3 Å². The van der Waals surface area contributed by atoms with Crippen LogP contribution in [0, 0.1) is 0 Å². The minimum Gasteiger partial charge on any atom is -0.445 e. The summed E-state index contributed by atoms with van der Waals surface area (Å²) in [4.78, 5) is 26.2. The third kappa shape index (κ3) is 2.60. The van der Waals surface area contributed by atoms with Crippen LogP contribution in [-0.4, -0.2) is 35.5 Å². The quantitative estimate of drug-likeness (QED) is 0.906. The molecule has 1 aromatic carbocycles. The molecular formula is C16H20N2O3. The van der Waals surface area contributed by atoms with Gasteiger partial charge in [0.15, 0.2) is 0 Å². The van der Waals surface area contributed by atoms with Crippen molar-refractivity contribution in [1.82, 2.24) is 10.2 Å². The fourth-order valence-corrected chi connectivity index (χ4v) is 3.26. The first-order chi connectivity index (χ1) is 10.2. The lowest BCUT2D eigenvalue weighted by molar-refractivity contribution is -0.131. The molecule has 5 heteroatoms. The molecule has 0 aliphatic carbocycles. The monoisotopic (exact) mass is 288 g/mol. The van der Waals surface area contributed by atoms with Crippen LogP contribution in [0.15, 0.2) is 30.3 Å². The lowest BCUT2D eigenvalue weighted by Crippen LogP contribution is -2.58. The number of nitrogens with one attached hydrogen (secondary N) is 1. The van der Waals surface area contributed by atoms with Gasteiger partial charge in [-0.1, -0.05) is 30.3 Å². The van der Waals surface area contributed by atoms with Crippen LogP contribution in [0.2, 0.25) is 0 Å². The Morgan fingerprint density at radius 1 is 1.24 bits per heavy atom. The third-order valence-corrected chi connectivity index (χ3v) is 4.41. The maximum Gasteiger partial charge on any atom is 0.411 e. The molecule has 2 fully saturated rings. The van der Waals surface area contributed by atoms with Crippen molar-refractivity contribution >= 4 is 12.0 Å². The van der Waals surface area contributed by atoms with Crippen molar-refractivity contribution in [1.29, 1.82) is 0 Å². The number of hydrogen-bond acceptors (Lipinski definition) is 3. The van der Waals surface area contributed by atoms with E-state index in [1.54, 1.807) is 4.90 Å². The van der Waals surface area contributed by atoms with Gasteiger partial charge in [-0.3, -0.25) is 9.69 Å². The number of nitrogens with zero attached hydrogens (tertiary/aromatic N) is 1. The number of benzene rings is 1. The molecule has 3 rings (SSSR count). The molecule has 2 heterocycles. The van der Waals surface area contributed by atoms with Gasteiger partial charge in [0.25, 0.3) is 0 Å². The van der Waals surface area contributed by atoms with Crippen molar-refractivity contribution in [3.63, 3.8) is 0 Å². The maximum atomic E-state index is 12.4. The van der Waals surface area contributed by atoms with Gasteiger partial charge in [-0.15, -0.1) is 0 Å². The largest absolute Gasteiger partial charge is 0.445 e. The van der Waals surface area contributed by atoms with Crippen LogP contribution < -0.4 is 5.32 Å². The molecule has 0 saturated carbocycles. The number of carbonyl (C=O) groups excluding carboxylic acids is 2. The summed E-state index contributed by atoms with van der Waals surface area (Å²) in [6.45, 7) is 1.48. The topological polar surface area (TPSA) is 58.6 Å². The second-order valence-electron chi connectivity index (χ2n) is 5.69. The van der Waals surface area contributed by atoms with Crippen molar-refractivity contribution in [3.8, 4) is 0 Å². The predicted octanol–water partition coefficient (Wildman–Crippen LogP) is 2.07. The molecule has 5 nitrogen and oxygen atoms in total. The standard InChI is InChI=1S/C16H20N2O3/c19-14-16(9-10-17-14)8-4-5-11-18(16)15(20)21-12-13-6-2-1-3-7-13/h1-3,6-7H,4-5,8-12H2,(H,17,19). The summed E-state index contributed by atoms with van der Waals surface area (Å²) >= 11 is 0. The predicted molar refractivity (Wildman–Crippen MR) is 77.5 cm³/mol. The van der Waals surface area contributed by atoms with Gasteiger partial charge < -0.3 is 10.1 Å². The Balaban J connectivity index is 1.69. The van der Waals surface area contributed by atoms with Crippen LogP contribution >= 0.6 is 0 Å². The molecule has 2 amide bonds. The zero-order valence-electron chi connectivity index (χ0n) is 12.0. The summed E-state index contributed by atoms with van der Waals surface area (Å²) in [6.07, 6.45) is 2.95. The minimum atomic E-state index is -0.675. The Kier molecular flexibility index (Phi) is 3.82. The van der Waals surface area contributed by atoms with E-state index in [1.165, 1.54) is 0 Å². The van der Waals surface area contributed by atoms with E-state index in [-0.39, 0.29) is 18.6 Å². The van der Waals surface area contributed by atoms with Crippen LogP contribution in [-0.2, 0) is 16.1 Å². The minimum absolute atomic E-state index is 0.0288. The second-order valence-corrected chi connectivity index (χ2v) is 5.69. The van der Waals surface area contributed by atoms with Gasteiger partial charge >= 0.3 is 6.09 Å². The van der Waals surface area contributed by atoms with E-state index in [4.69, 9.17) is 4.74 Å². The smallest absolute Gasteiger partial charge is 0.411 e. The van der Waals surface area contributed by atoms with Crippen molar-refractivity contribution in [3.05, 3.63) is 35.9 Å². The van der Waals surface area contributed by atoms with E-state index >= 15 is 0 Å². The van der Waals surface area contributed by atoms with Crippen LogP contribution in [0.3, 0.4) is 0 Å². The number of likely N-dealkylation sites (tertiary alicyclic amines) is 1. The molecule has 0 radical (unpaired) electrons. The molecule has 0 bridgehead atoms. The van der Waals surface area contributed by atoms with E-state index in [0.717, 1.165) is 24.8 Å². The fourth-order valence-electron chi connectivity index (χ4n) is 3.26. The molecule has 1 atom stereocenters. The molecule has 112 valence electrons. The first-order valence-electron chi connectivity index (χ1n) is 7.49. The second kappa shape index (κ2) is 5.76. The van der Waals surface area contributed by atoms with E-state index in [2.05, 4.69) is 5.32 Å². The molecule has 2 aliphatic heterocycles. The Morgan fingerprint density at radius 2 is 2.05 bits per heavy atom. The number of carbonyl (C=O) groups is 2. The first kappa shape index (κ1) is 13.9. The number of piperidine rings is 1. The van der Waals surface area contributed by atoms with Crippen molar-refractivity contribution in [2.75, 3.05) is 13.1 Å². The normalized spacial score (nSPS) is 25.0. The zero-order valence-corrected chi connectivity index (χ0v) is 12.0. The Labute approximate surface area is 124 Å². The average molecular weight is 288 g/mol. The van der Waals surface area contributed by atoms with Gasteiger partial charge in [0, 0.05) is 13.1 Å². The molecule has 1 aromatic rings. The number of hydrogen-bond donors (Lipinski definition) is 1. The molecule has 2 aliphatic rings. The lowest BCUT2D eigenvalue weighted by atomic mass is 9.85. The summed E-state index contributed by atoms with van der Waals surface area (Å²) < 4.78 is 5.41. The highest BCUT2D eigenvalue weighted by Gasteiger charge is 2.50. The third-order valence-electron chi connectivity index (χ3n) is 4.41. The summed E-state index contributed by atoms with van der Waals surface area (Å²) in [5.41, 5.74) is 0.277. The van der Waals surface area contributed by atoms with E-state index < -0.39 is 5.54 Å². The Bertz CT molecular complexity index is 532. The van der Waals surface area contributed by atoms with E-state index in [1.807, 2.05) is 30.3 Å². The number of rotatable bonds is 2. The maximum absolute atomic E-state index is 12.4. The SMILES string of the molecule is O=C(OCc1ccccc1)N1CCCCC12CCNC2=O. The highest BCUT2D eigenvalue weighted by Crippen LogP contribution is 2.34. The zero-order chi connectivity index (χ0) is 14.7. The highest BCUT2D eigenvalue weighted by molar-refractivity contribution is 5.92. The van der Waals surface area contributed by atoms with Crippen molar-refractivity contribution in [2.24, 2.45) is 0 Å². The summed E-state index contributed by atoms with van der Waals surface area (Å²) in [7, 11) is 0. The number of ether oxygens (including phenoxy) is 1. The van der Waals surface area contributed by atoms with Crippen LogP contribution in [0.5, 0.6) is 0 Å². The van der Waals surface area contributed by atoms with Gasteiger partial charge in [0.1, 0.15) is 12.1 Å². The molecule has 1 N–H and O–H groups in total. The van der Waals surface area contributed by atoms with Gasteiger partial charge in [-0.25, -0.2) is 4.79 Å². The van der Waals surface area contributed by atoms with E-state index in [0.29, 0.717) is 19.5 Å². The number of amides is 2. The summed E-state index contributed by atoms with van der Waals surface area (Å²) in [5, 5.41) is 2.85. The molecule has 21 heavy (non-hydrogen) atoms. The summed E-state index contributed by atoms with van der Waals surface area (Å²) in [5.74, 6) is -0.0288. The Morgan fingerprint density at radius 3 is 2.76 bits per heavy atom.